The summed E-state index contributed by atoms with van der Waals surface area (Å²) < 4.78 is 0. The van der Waals surface area contributed by atoms with Crippen LogP contribution in [0.25, 0.3) is 0 Å². The lowest BCUT2D eigenvalue weighted by Gasteiger charge is -2.29. The summed E-state index contributed by atoms with van der Waals surface area (Å²) in [7, 11) is 0. The van der Waals surface area contributed by atoms with E-state index >= 15 is 0 Å². The Morgan fingerprint density at radius 3 is 2.57 bits per heavy atom. The fourth-order valence-electron chi connectivity index (χ4n) is 1.46. The summed E-state index contributed by atoms with van der Waals surface area (Å²) >= 11 is 0. The number of rotatable bonds is 4. The van der Waals surface area contributed by atoms with E-state index in [-0.39, 0.29) is 0 Å². The van der Waals surface area contributed by atoms with E-state index in [0.29, 0.717) is 12.1 Å². The zero-order valence-electron chi connectivity index (χ0n) is 9.45. The van der Waals surface area contributed by atoms with Gasteiger partial charge >= 0.3 is 0 Å². The van der Waals surface area contributed by atoms with Crippen LogP contribution < -0.4 is 11.3 Å². The van der Waals surface area contributed by atoms with E-state index < -0.39 is 0 Å². The predicted molar refractivity (Wildman–Crippen MR) is 59.9 cm³/mol. The molecular weight excluding hydrogens is 176 g/mol. The van der Waals surface area contributed by atoms with E-state index in [1.165, 1.54) is 12.8 Å². The van der Waals surface area contributed by atoms with Crippen molar-refractivity contribution in [2.45, 2.75) is 52.1 Å². The lowest BCUT2D eigenvalue weighted by molar-refractivity contribution is 0.325. The first kappa shape index (κ1) is 11.3. The maximum atomic E-state index is 5.50. The van der Waals surface area contributed by atoms with Gasteiger partial charge in [0.15, 0.2) is 0 Å². The van der Waals surface area contributed by atoms with Crippen molar-refractivity contribution in [3.05, 3.63) is 0 Å². The monoisotopic (exact) mass is 198 g/mol. The summed E-state index contributed by atoms with van der Waals surface area (Å²) in [6, 6.07) is 1.01. The molecule has 0 heterocycles. The minimum Gasteiger partial charge on any atom is -0.340 e. The molecule has 1 saturated carbocycles. The van der Waals surface area contributed by atoms with Crippen molar-refractivity contribution in [2.75, 3.05) is 6.54 Å². The number of aliphatic imine (C=N–C) groups is 1. The van der Waals surface area contributed by atoms with Gasteiger partial charge in [-0.1, -0.05) is 6.92 Å². The largest absolute Gasteiger partial charge is 0.340 e. The van der Waals surface area contributed by atoms with Crippen LogP contribution in [0.1, 0.15) is 40.0 Å². The highest BCUT2D eigenvalue weighted by atomic mass is 15.4. The highest BCUT2D eigenvalue weighted by molar-refractivity contribution is 5.80. The number of nitrogens with zero attached hydrogens (tertiary/aromatic N) is 2. The Morgan fingerprint density at radius 2 is 2.21 bits per heavy atom. The van der Waals surface area contributed by atoms with E-state index in [4.69, 9.17) is 5.84 Å². The Labute approximate surface area is 86.5 Å². The van der Waals surface area contributed by atoms with E-state index in [9.17, 15) is 0 Å². The molecule has 0 saturated heterocycles. The van der Waals surface area contributed by atoms with Crippen LogP contribution in [0.15, 0.2) is 4.99 Å². The second kappa shape index (κ2) is 5.20. The van der Waals surface area contributed by atoms with Crippen molar-refractivity contribution in [1.29, 1.82) is 0 Å². The molecule has 4 heteroatoms. The summed E-state index contributed by atoms with van der Waals surface area (Å²) in [5.41, 5.74) is 2.72. The maximum Gasteiger partial charge on any atom is 0.208 e. The first-order valence-electron chi connectivity index (χ1n) is 5.53. The lowest BCUT2D eigenvalue weighted by Crippen LogP contribution is -2.48. The molecule has 0 radical (unpaired) electrons. The van der Waals surface area contributed by atoms with Crippen molar-refractivity contribution in [3.63, 3.8) is 0 Å². The van der Waals surface area contributed by atoms with Crippen LogP contribution in [0.3, 0.4) is 0 Å². The smallest absolute Gasteiger partial charge is 0.208 e. The standard InChI is InChI=1S/C10H22N4/c1-4-8(3)14(5-2)10(13-11)12-9-6-7-9/h8-9H,4-7,11H2,1-3H3,(H,12,13). The van der Waals surface area contributed by atoms with Crippen molar-refractivity contribution in [3.8, 4) is 0 Å². The van der Waals surface area contributed by atoms with Crippen LogP contribution in [0, 0.1) is 0 Å². The van der Waals surface area contributed by atoms with Gasteiger partial charge in [-0.3, -0.25) is 5.43 Å². The summed E-state index contributed by atoms with van der Waals surface area (Å²) in [6.45, 7) is 7.46. The molecule has 0 spiro atoms. The Morgan fingerprint density at radius 1 is 1.57 bits per heavy atom. The van der Waals surface area contributed by atoms with Gasteiger partial charge in [-0.05, 0) is 33.1 Å². The van der Waals surface area contributed by atoms with Crippen molar-refractivity contribution in [2.24, 2.45) is 10.8 Å². The molecule has 1 aliphatic carbocycles. The molecule has 82 valence electrons. The number of hydrogen-bond donors (Lipinski definition) is 2. The van der Waals surface area contributed by atoms with Crippen molar-refractivity contribution in [1.82, 2.24) is 10.3 Å². The molecular formula is C10H22N4. The Kier molecular flexibility index (Phi) is 4.20. The molecule has 0 aromatic carbocycles. The quantitative estimate of drug-likeness (QED) is 0.308. The van der Waals surface area contributed by atoms with E-state index in [0.717, 1.165) is 18.9 Å². The van der Waals surface area contributed by atoms with E-state index in [2.05, 4.69) is 36.1 Å². The first-order valence-corrected chi connectivity index (χ1v) is 5.53. The van der Waals surface area contributed by atoms with Gasteiger partial charge in [-0.2, -0.15) is 0 Å². The third-order valence-corrected chi connectivity index (χ3v) is 2.72. The molecule has 0 aliphatic heterocycles. The number of nitrogens with one attached hydrogen (secondary N) is 1. The number of nitrogens with two attached hydrogens (primary N) is 1. The average molecular weight is 198 g/mol. The Hall–Kier alpha value is -0.770. The molecule has 0 amide bonds. The van der Waals surface area contributed by atoms with Crippen molar-refractivity contribution < 1.29 is 0 Å². The zero-order valence-corrected chi connectivity index (χ0v) is 9.45. The van der Waals surface area contributed by atoms with Gasteiger partial charge in [-0.15, -0.1) is 0 Å². The van der Waals surface area contributed by atoms with Gasteiger partial charge < -0.3 is 4.90 Å². The second-order valence-corrected chi connectivity index (χ2v) is 3.87. The molecule has 4 nitrogen and oxygen atoms in total. The molecule has 0 aromatic heterocycles. The molecule has 1 rings (SSSR count). The molecule has 1 fully saturated rings. The number of hydrazine groups is 1. The SMILES string of the molecule is CCC(C)N(CC)C(=NC1CC1)NN. The summed E-state index contributed by atoms with van der Waals surface area (Å²) in [5, 5.41) is 0. The molecule has 0 bridgehead atoms. The zero-order chi connectivity index (χ0) is 10.6. The van der Waals surface area contributed by atoms with Crippen LogP contribution >= 0.6 is 0 Å². The van der Waals surface area contributed by atoms with Gasteiger partial charge in [0, 0.05) is 12.6 Å². The molecule has 3 N–H and O–H groups in total. The summed E-state index contributed by atoms with van der Waals surface area (Å²) in [6.07, 6.45) is 3.53. The van der Waals surface area contributed by atoms with Gasteiger partial charge in [0.1, 0.15) is 0 Å². The Balaban J connectivity index is 2.62. The third-order valence-electron chi connectivity index (χ3n) is 2.72. The van der Waals surface area contributed by atoms with E-state index in [1.54, 1.807) is 0 Å². The molecule has 1 aliphatic rings. The van der Waals surface area contributed by atoms with Crippen LogP contribution in [0.2, 0.25) is 0 Å². The van der Waals surface area contributed by atoms with Gasteiger partial charge in [0.05, 0.1) is 6.04 Å². The van der Waals surface area contributed by atoms with Crippen LogP contribution in [-0.2, 0) is 0 Å². The van der Waals surface area contributed by atoms with Gasteiger partial charge in [-0.25, -0.2) is 10.8 Å². The van der Waals surface area contributed by atoms with Gasteiger partial charge in [0.25, 0.3) is 0 Å². The molecule has 0 aromatic rings. The van der Waals surface area contributed by atoms with Crippen LogP contribution in [-0.4, -0.2) is 29.5 Å². The van der Waals surface area contributed by atoms with Crippen molar-refractivity contribution >= 4 is 5.96 Å². The first-order chi connectivity index (χ1) is 6.72. The molecule has 1 unspecified atom stereocenters. The second-order valence-electron chi connectivity index (χ2n) is 3.87. The minimum atomic E-state index is 0.494. The summed E-state index contributed by atoms with van der Waals surface area (Å²) in [4.78, 5) is 6.77. The lowest BCUT2D eigenvalue weighted by atomic mass is 10.2. The highest BCUT2D eigenvalue weighted by Gasteiger charge is 2.23. The highest BCUT2D eigenvalue weighted by Crippen LogP contribution is 2.23. The Bertz CT molecular complexity index is 198. The molecule has 1 atom stereocenters. The number of guanidine groups is 1. The number of hydrogen-bond acceptors (Lipinski definition) is 2. The average Bonchev–Trinajstić information content (AvgIpc) is 3.00. The van der Waals surface area contributed by atoms with Gasteiger partial charge in [0.2, 0.25) is 5.96 Å². The topological polar surface area (TPSA) is 53.6 Å². The maximum absolute atomic E-state index is 5.50. The fraction of sp³-hybridized carbons (Fsp3) is 0.900. The van der Waals surface area contributed by atoms with E-state index in [1.807, 2.05) is 0 Å². The van der Waals surface area contributed by atoms with Crippen LogP contribution in [0.5, 0.6) is 0 Å². The fourth-order valence-corrected chi connectivity index (χ4v) is 1.46. The normalized spacial score (nSPS) is 19.3. The minimum absolute atomic E-state index is 0.494. The third kappa shape index (κ3) is 2.87. The summed E-state index contributed by atoms with van der Waals surface area (Å²) in [5.74, 6) is 6.35. The molecule has 14 heavy (non-hydrogen) atoms. The predicted octanol–water partition coefficient (Wildman–Crippen LogP) is 1.09. The van der Waals surface area contributed by atoms with Crippen LogP contribution in [0.4, 0.5) is 0 Å².